The minimum atomic E-state index is -0.118. The highest BCUT2D eigenvalue weighted by atomic mass is 16.5. The topological polar surface area (TPSA) is 85.4 Å². The van der Waals surface area contributed by atoms with Gasteiger partial charge in [0.2, 0.25) is 5.91 Å². The Hall–Kier alpha value is -1.67. The van der Waals surface area contributed by atoms with Crippen molar-refractivity contribution in [3.8, 4) is 0 Å². The third kappa shape index (κ3) is 25.9. The maximum Gasteiger partial charge on any atom is 0.308 e. The van der Waals surface area contributed by atoms with Crippen molar-refractivity contribution in [3.63, 3.8) is 0 Å². The van der Waals surface area contributed by atoms with E-state index in [9.17, 15) is 14.4 Å². The number of ether oxygens (including phenoxy) is 3. The quantitative estimate of drug-likeness (QED) is 0.0475. The van der Waals surface area contributed by atoms with Gasteiger partial charge in [-0.15, -0.1) is 0 Å². The van der Waals surface area contributed by atoms with Gasteiger partial charge in [-0.25, -0.2) is 0 Å². The smallest absolute Gasteiger partial charge is 0.308 e. The molecule has 1 amide bonds. The van der Waals surface area contributed by atoms with Crippen molar-refractivity contribution in [3.05, 3.63) is 0 Å². The number of nitrogens with zero attached hydrogens (tertiary/aromatic N) is 2. The SMILES string of the molecule is CCCCCCCCC(CCCCCC)C(=O)OCCN(CCOC(=O)C(CCCCCC)CCCCCCCC)C(=O)CCN1CCOCC1. The summed E-state index contributed by atoms with van der Waals surface area (Å²) in [5.74, 6) is -0.360. The van der Waals surface area contributed by atoms with E-state index in [0.29, 0.717) is 39.3 Å². The maximum absolute atomic E-state index is 13.5. The summed E-state index contributed by atoms with van der Waals surface area (Å²) in [4.78, 5) is 44.1. The van der Waals surface area contributed by atoms with Crippen LogP contribution in [0.1, 0.15) is 188 Å². The first-order valence-electron chi connectivity index (χ1n) is 21.9. The van der Waals surface area contributed by atoms with Crippen LogP contribution in [0, 0.1) is 11.8 Å². The number of hydrogen-bond acceptors (Lipinski definition) is 7. The largest absolute Gasteiger partial charge is 0.464 e. The molecule has 1 saturated heterocycles. The molecule has 2 atom stereocenters. The summed E-state index contributed by atoms with van der Waals surface area (Å²) in [5, 5.41) is 0. The third-order valence-corrected chi connectivity index (χ3v) is 10.6. The Morgan fingerprint density at radius 3 is 1.29 bits per heavy atom. The van der Waals surface area contributed by atoms with E-state index < -0.39 is 0 Å². The number of rotatable bonds is 35. The van der Waals surface area contributed by atoms with Crippen LogP contribution in [-0.4, -0.2) is 86.8 Å². The van der Waals surface area contributed by atoms with Crippen molar-refractivity contribution in [2.75, 3.05) is 59.2 Å². The van der Waals surface area contributed by atoms with Crippen molar-refractivity contribution in [2.24, 2.45) is 11.8 Å². The van der Waals surface area contributed by atoms with Gasteiger partial charge < -0.3 is 19.1 Å². The molecule has 8 heteroatoms. The summed E-state index contributed by atoms with van der Waals surface area (Å²) in [6, 6.07) is 0. The second-order valence-corrected chi connectivity index (χ2v) is 15.1. The molecule has 1 fully saturated rings. The number of carbonyl (C=O) groups is 3. The molecule has 0 bridgehead atoms. The van der Waals surface area contributed by atoms with E-state index in [1.54, 1.807) is 4.90 Å². The molecule has 0 spiro atoms. The van der Waals surface area contributed by atoms with Crippen molar-refractivity contribution < 1.29 is 28.6 Å². The Labute approximate surface area is 314 Å². The van der Waals surface area contributed by atoms with Gasteiger partial charge >= 0.3 is 11.9 Å². The molecule has 0 radical (unpaired) electrons. The van der Waals surface area contributed by atoms with Crippen molar-refractivity contribution in [1.82, 2.24) is 9.80 Å². The van der Waals surface area contributed by atoms with E-state index in [0.717, 1.165) is 77.3 Å². The molecule has 0 saturated carbocycles. The van der Waals surface area contributed by atoms with Crippen LogP contribution in [0.3, 0.4) is 0 Å². The second kappa shape index (κ2) is 34.1. The Morgan fingerprint density at radius 2 is 0.902 bits per heavy atom. The highest BCUT2D eigenvalue weighted by Gasteiger charge is 2.23. The highest BCUT2D eigenvalue weighted by molar-refractivity contribution is 5.77. The lowest BCUT2D eigenvalue weighted by molar-refractivity contribution is -0.152. The first-order chi connectivity index (χ1) is 25.0. The molecule has 1 aliphatic heterocycles. The van der Waals surface area contributed by atoms with Crippen molar-refractivity contribution in [1.29, 1.82) is 0 Å². The van der Waals surface area contributed by atoms with Gasteiger partial charge in [0.25, 0.3) is 0 Å². The van der Waals surface area contributed by atoms with Gasteiger partial charge in [0, 0.05) is 26.1 Å². The third-order valence-electron chi connectivity index (χ3n) is 10.6. The van der Waals surface area contributed by atoms with Gasteiger partial charge in [-0.3, -0.25) is 19.3 Å². The first kappa shape index (κ1) is 47.4. The summed E-state index contributed by atoms with van der Waals surface area (Å²) in [6.45, 7) is 13.6. The molecule has 0 aliphatic carbocycles. The minimum Gasteiger partial charge on any atom is -0.464 e. The Kier molecular flexibility index (Phi) is 31.7. The highest BCUT2D eigenvalue weighted by Crippen LogP contribution is 2.22. The van der Waals surface area contributed by atoms with Crippen LogP contribution in [0.2, 0.25) is 0 Å². The number of amides is 1. The number of hydrogen-bond donors (Lipinski definition) is 0. The van der Waals surface area contributed by atoms with Gasteiger partial charge in [0.05, 0.1) is 38.1 Å². The molecule has 51 heavy (non-hydrogen) atoms. The average molecular weight is 723 g/mol. The summed E-state index contributed by atoms with van der Waals surface area (Å²) in [7, 11) is 0. The molecular weight excluding hydrogens is 640 g/mol. The summed E-state index contributed by atoms with van der Waals surface area (Å²) in [6.07, 6.45) is 27.6. The molecule has 1 rings (SSSR count). The predicted octanol–water partition coefficient (Wildman–Crippen LogP) is 10.3. The molecule has 1 aliphatic rings. The van der Waals surface area contributed by atoms with Crippen LogP contribution in [-0.2, 0) is 28.6 Å². The summed E-state index contributed by atoms with van der Waals surface area (Å²) < 4.78 is 17.2. The normalized spacial score (nSPS) is 14.7. The van der Waals surface area contributed by atoms with E-state index >= 15 is 0 Å². The molecule has 8 nitrogen and oxygen atoms in total. The zero-order valence-corrected chi connectivity index (χ0v) is 34.0. The fourth-order valence-electron chi connectivity index (χ4n) is 7.08. The van der Waals surface area contributed by atoms with Gasteiger partial charge in [-0.1, -0.05) is 156 Å². The van der Waals surface area contributed by atoms with E-state index in [4.69, 9.17) is 14.2 Å². The molecule has 1 heterocycles. The summed E-state index contributed by atoms with van der Waals surface area (Å²) >= 11 is 0. The van der Waals surface area contributed by atoms with Gasteiger partial charge in [0.1, 0.15) is 13.2 Å². The second-order valence-electron chi connectivity index (χ2n) is 15.1. The lowest BCUT2D eigenvalue weighted by atomic mass is 9.94. The fourth-order valence-corrected chi connectivity index (χ4v) is 7.08. The van der Waals surface area contributed by atoms with E-state index in [-0.39, 0.29) is 42.9 Å². The molecule has 0 aromatic carbocycles. The number of morpholine rings is 1. The molecule has 0 aromatic rings. The zero-order valence-electron chi connectivity index (χ0n) is 34.0. The maximum atomic E-state index is 13.5. The molecule has 300 valence electrons. The van der Waals surface area contributed by atoms with Crippen LogP contribution in [0.5, 0.6) is 0 Å². The van der Waals surface area contributed by atoms with Crippen molar-refractivity contribution in [2.45, 2.75) is 188 Å². The monoisotopic (exact) mass is 723 g/mol. The van der Waals surface area contributed by atoms with Gasteiger partial charge in [-0.2, -0.15) is 0 Å². The minimum absolute atomic E-state index is 0.0139. The first-order valence-corrected chi connectivity index (χ1v) is 21.9. The van der Waals surface area contributed by atoms with E-state index in [1.165, 1.54) is 89.9 Å². The van der Waals surface area contributed by atoms with Crippen LogP contribution in [0.4, 0.5) is 0 Å². The average Bonchev–Trinajstić information content (AvgIpc) is 3.14. The fraction of sp³-hybridized carbons (Fsp3) is 0.930. The van der Waals surface area contributed by atoms with Crippen LogP contribution >= 0.6 is 0 Å². The van der Waals surface area contributed by atoms with Gasteiger partial charge in [0.15, 0.2) is 0 Å². The Balaban J connectivity index is 2.75. The molecule has 0 aromatic heterocycles. The van der Waals surface area contributed by atoms with Crippen molar-refractivity contribution >= 4 is 17.8 Å². The van der Waals surface area contributed by atoms with Crippen LogP contribution in [0.25, 0.3) is 0 Å². The Morgan fingerprint density at radius 1 is 0.549 bits per heavy atom. The van der Waals surface area contributed by atoms with Gasteiger partial charge in [-0.05, 0) is 25.7 Å². The molecule has 2 unspecified atom stereocenters. The lowest BCUT2D eigenvalue weighted by Gasteiger charge is -2.28. The summed E-state index contributed by atoms with van der Waals surface area (Å²) in [5.41, 5.74) is 0. The van der Waals surface area contributed by atoms with E-state index in [1.807, 2.05) is 0 Å². The van der Waals surface area contributed by atoms with Crippen LogP contribution in [0.15, 0.2) is 0 Å². The standard InChI is InChI=1S/C43H82N2O6/c1-5-9-13-17-19-23-27-39(25-21-15-11-7-3)42(47)50-37-33-45(41(46)29-30-44-31-35-49-36-32-44)34-38-51-43(48)40(26-22-16-12-8-4)28-24-20-18-14-10-6-2/h39-40H,5-38H2,1-4H3. The van der Waals surface area contributed by atoms with E-state index in [2.05, 4.69) is 32.6 Å². The number of unbranched alkanes of at least 4 members (excludes halogenated alkanes) is 16. The Bertz CT molecular complexity index is 783. The number of carbonyl (C=O) groups excluding carboxylic acids is 3. The predicted molar refractivity (Wildman–Crippen MR) is 211 cm³/mol. The number of esters is 2. The molecular formula is C43H82N2O6. The van der Waals surface area contributed by atoms with Crippen LogP contribution < -0.4 is 0 Å². The zero-order chi connectivity index (χ0) is 37.2. The lowest BCUT2D eigenvalue weighted by Crippen LogP contribution is -2.42. The molecule has 0 N–H and O–H groups in total.